The van der Waals surface area contributed by atoms with Crippen molar-refractivity contribution < 1.29 is 22.4 Å². The lowest BCUT2D eigenvalue weighted by Crippen LogP contribution is -2.36. The minimum atomic E-state index is -3.50. The van der Waals surface area contributed by atoms with Gasteiger partial charge in [-0.05, 0) is 50.9 Å². The van der Waals surface area contributed by atoms with Crippen LogP contribution in [0.4, 0.5) is 0 Å². The summed E-state index contributed by atoms with van der Waals surface area (Å²) in [4.78, 5) is 13.7. The molecule has 1 aromatic rings. The van der Waals surface area contributed by atoms with Crippen LogP contribution >= 0.6 is 0 Å². The molecular formula is C16H24N2O5S. The first-order chi connectivity index (χ1) is 11.5. The number of likely N-dealkylation sites (tertiary alicyclic amines) is 1. The second-order valence-electron chi connectivity index (χ2n) is 6.41. The fourth-order valence-electron chi connectivity index (χ4n) is 3.35. The largest absolute Gasteiger partial charge is 0.469 e. The molecule has 0 saturated carbocycles. The molecule has 7 nitrogen and oxygen atoms in total. The van der Waals surface area contributed by atoms with E-state index < -0.39 is 10.0 Å². The van der Waals surface area contributed by atoms with Crippen LogP contribution in [0.1, 0.15) is 31.4 Å². The van der Waals surface area contributed by atoms with E-state index in [0.717, 1.165) is 38.8 Å². The van der Waals surface area contributed by atoms with E-state index in [1.165, 1.54) is 11.4 Å². The third-order valence-electron chi connectivity index (χ3n) is 4.80. The van der Waals surface area contributed by atoms with Crippen LogP contribution in [0.15, 0.2) is 21.6 Å². The Morgan fingerprint density at radius 2 is 1.88 bits per heavy atom. The zero-order valence-electron chi connectivity index (χ0n) is 13.9. The van der Waals surface area contributed by atoms with Crippen molar-refractivity contribution >= 4 is 16.0 Å². The standard InChI is InChI=1S/C16H24N2O5S/c1-22-16(19)13-6-10-17(11-7-13)12-14-4-5-15(23-14)24(20,21)18-8-2-3-9-18/h4-5,13H,2-3,6-12H2,1H3. The van der Waals surface area contributed by atoms with Gasteiger partial charge in [-0.1, -0.05) is 0 Å². The second kappa shape index (κ2) is 7.25. The number of carbonyl (C=O) groups is 1. The van der Waals surface area contributed by atoms with E-state index >= 15 is 0 Å². The highest BCUT2D eigenvalue weighted by atomic mass is 32.2. The van der Waals surface area contributed by atoms with Crippen molar-refractivity contribution in [1.82, 2.24) is 9.21 Å². The summed E-state index contributed by atoms with van der Waals surface area (Å²) in [7, 11) is -2.08. The normalized spacial score (nSPS) is 21.2. The van der Waals surface area contributed by atoms with Gasteiger partial charge in [-0.2, -0.15) is 4.31 Å². The van der Waals surface area contributed by atoms with Gasteiger partial charge in [0.25, 0.3) is 10.0 Å². The Kier molecular flexibility index (Phi) is 5.27. The van der Waals surface area contributed by atoms with Crippen molar-refractivity contribution in [3.8, 4) is 0 Å². The minimum Gasteiger partial charge on any atom is -0.469 e. The fraction of sp³-hybridized carbons (Fsp3) is 0.688. The SMILES string of the molecule is COC(=O)C1CCN(Cc2ccc(S(=O)(=O)N3CCCC3)o2)CC1. The summed E-state index contributed by atoms with van der Waals surface area (Å²) in [6, 6.07) is 3.28. The maximum atomic E-state index is 12.5. The average molecular weight is 356 g/mol. The Balaban J connectivity index is 1.58. The Bertz CT molecular complexity index is 670. The number of hydrogen-bond acceptors (Lipinski definition) is 6. The van der Waals surface area contributed by atoms with Gasteiger partial charge in [-0.15, -0.1) is 0 Å². The maximum Gasteiger partial charge on any atom is 0.308 e. The molecule has 134 valence electrons. The van der Waals surface area contributed by atoms with Crippen LogP contribution in [0.2, 0.25) is 0 Å². The molecule has 8 heteroatoms. The predicted molar refractivity (Wildman–Crippen MR) is 86.7 cm³/mol. The van der Waals surface area contributed by atoms with Crippen molar-refractivity contribution in [1.29, 1.82) is 0 Å². The van der Waals surface area contributed by atoms with Gasteiger partial charge in [-0.3, -0.25) is 9.69 Å². The van der Waals surface area contributed by atoms with Crippen LogP contribution in [0, 0.1) is 5.92 Å². The lowest BCUT2D eigenvalue weighted by atomic mass is 9.97. The van der Waals surface area contributed by atoms with Crippen LogP contribution in [-0.4, -0.2) is 56.9 Å². The Morgan fingerprint density at radius 1 is 1.21 bits per heavy atom. The van der Waals surface area contributed by atoms with Crippen LogP contribution in [0.25, 0.3) is 0 Å². The number of furan rings is 1. The molecule has 1 aromatic heterocycles. The third-order valence-corrected chi connectivity index (χ3v) is 6.57. The molecule has 0 N–H and O–H groups in total. The highest BCUT2D eigenvalue weighted by Gasteiger charge is 2.30. The monoisotopic (exact) mass is 356 g/mol. The van der Waals surface area contributed by atoms with Gasteiger partial charge in [-0.25, -0.2) is 8.42 Å². The van der Waals surface area contributed by atoms with Crippen molar-refractivity contribution in [3.05, 3.63) is 17.9 Å². The number of ether oxygens (including phenoxy) is 1. The molecule has 3 rings (SSSR count). The molecule has 0 amide bonds. The van der Waals surface area contributed by atoms with Crippen LogP contribution in [0.5, 0.6) is 0 Å². The molecule has 0 radical (unpaired) electrons. The lowest BCUT2D eigenvalue weighted by Gasteiger charge is -2.29. The van der Waals surface area contributed by atoms with E-state index in [4.69, 9.17) is 9.15 Å². The van der Waals surface area contributed by atoms with E-state index in [1.54, 1.807) is 12.1 Å². The molecule has 24 heavy (non-hydrogen) atoms. The van der Waals surface area contributed by atoms with E-state index in [0.29, 0.717) is 25.4 Å². The van der Waals surface area contributed by atoms with Crippen molar-refractivity contribution in [3.63, 3.8) is 0 Å². The molecule has 3 heterocycles. The fourth-order valence-corrected chi connectivity index (χ4v) is 4.80. The highest BCUT2D eigenvalue weighted by molar-refractivity contribution is 7.89. The van der Waals surface area contributed by atoms with Crippen LogP contribution in [0.3, 0.4) is 0 Å². The summed E-state index contributed by atoms with van der Waals surface area (Å²) in [5.41, 5.74) is 0. The summed E-state index contributed by atoms with van der Waals surface area (Å²) >= 11 is 0. The topological polar surface area (TPSA) is 80.1 Å². The van der Waals surface area contributed by atoms with Gasteiger partial charge in [0.15, 0.2) is 0 Å². The first-order valence-corrected chi connectivity index (χ1v) is 9.84. The molecule has 2 saturated heterocycles. The predicted octanol–water partition coefficient (Wildman–Crippen LogP) is 1.45. The zero-order chi connectivity index (χ0) is 17.2. The van der Waals surface area contributed by atoms with E-state index in [2.05, 4.69) is 4.90 Å². The summed E-state index contributed by atoms with van der Waals surface area (Å²) in [6.07, 6.45) is 3.32. The first kappa shape index (κ1) is 17.4. The van der Waals surface area contributed by atoms with Crippen LogP contribution < -0.4 is 0 Å². The Labute approximate surface area is 142 Å². The molecule has 0 unspecified atom stereocenters. The summed E-state index contributed by atoms with van der Waals surface area (Å²) in [6.45, 7) is 3.24. The molecule has 2 aliphatic heterocycles. The molecule has 0 aromatic carbocycles. The number of rotatable bonds is 5. The van der Waals surface area contributed by atoms with Crippen molar-refractivity contribution in [2.75, 3.05) is 33.3 Å². The number of piperidine rings is 1. The van der Waals surface area contributed by atoms with Gasteiger partial charge in [0.1, 0.15) is 5.76 Å². The summed E-state index contributed by atoms with van der Waals surface area (Å²) in [5, 5.41) is 0.0313. The van der Waals surface area contributed by atoms with Crippen LogP contribution in [-0.2, 0) is 26.1 Å². The first-order valence-electron chi connectivity index (χ1n) is 8.40. The van der Waals surface area contributed by atoms with Crippen molar-refractivity contribution in [2.24, 2.45) is 5.92 Å². The van der Waals surface area contributed by atoms with E-state index in [9.17, 15) is 13.2 Å². The highest BCUT2D eigenvalue weighted by Crippen LogP contribution is 2.25. The maximum absolute atomic E-state index is 12.5. The number of hydrogen-bond donors (Lipinski definition) is 0. The van der Waals surface area contributed by atoms with Gasteiger partial charge in [0, 0.05) is 13.1 Å². The van der Waals surface area contributed by atoms with E-state index in [-0.39, 0.29) is 17.0 Å². The van der Waals surface area contributed by atoms with Gasteiger partial charge in [0.05, 0.1) is 19.6 Å². The Hall–Kier alpha value is -1.38. The minimum absolute atomic E-state index is 0.0313. The zero-order valence-corrected chi connectivity index (χ0v) is 14.8. The number of carbonyl (C=O) groups excluding carboxylic acids is 1. The van der Waals surface area contributed by atoms with Crippen molar-refractivity contribution in [2.45, 2.75) is 37.3 Å². The average Bonchev–Trinajstić information content (AvgIpc) is 3.27. The Morgan fingerprint density at radius 3 is 2.50 bits per heavy atom. The number of nitrogens with zero attached hydrogens (tertiary/aromatic N) is 2. The molecular weight excluding hydrogens is 332 g/mol. The van der Waals surface area contributed by atoms with Gasteiger partial charge >= 0.3 is 5.97 Å². The van der Waals surface area contributed by atoms with Gasteiger partial charge < -0.3 is 9.15 Å². The molecule has 2 fully saturated rings. The molecule has 0 bridgehead atoms. The quantitative estimate of drug-likeness (QED) is 0.743. The van der Waals surface area contributed by atoms with Gasteiger partial charge in [0.2, 0.25) is 5.09 Å². The molecule has 0 aliphatic carbocycles. The lowest BCUT2D eigenvalue weighted by molar-refractivity contribution is -0.147. The molecule has 2 aliphatic rings. The molecule has 0 atom stereocenters. The third kappa shape index (κ3) is 3.65. The number of esters is 1. The summed E-state index contributed by atoms with van der Waals surface area (Å²) < 4.78 is 36.8. The number of methoxy groups -OCH3 is 1. The second-order valence-corrected chi connectivity index (χ2v) is 8.27. The molecule has 0 spiro atoms. The number of sulfonamides is 1. The smallest absolute Gasteiger partial charge is 0.308 e. The summed E-state index contributed by atoms with van der Waals surface area (Å²) in [5.74, 6) is 0.463. The van der Waals surface area contributed by atoms with E-state index in [1.807, 2.05) is 0 Å².